The van der Waals surface area contributed by atoms with E-state index in [1.807, 2.05) is 68.4 Å². The molecule has 2 heterocycles. The first-order valence-electron chi connectivity index (χ1n) is 24.2. The molecule has 0 bridgehead atoms. The number of carbonyl (C=O) groups excluding carboxylic acids is 2. The van der Waals surface area contributed by atoms with Crippen LogP contribution < -0.4 is 20.4 Å². The number of unbranched alkanes of at least 4 members (excludes halogenated alkanes) is 1. The van der Waals surface area contributed by atoms with Gasteiger partial charge in [0.1, 0.15) is 18.2 Å². The first-order chi connectivity index (χ1) is 33.6. The molecule has 12 nitrogen and oxygen atoms in total. The Hall–Kier alpha value is -5.55. The van der Waals surface area contributed by atoms with Gasteiger partial charge in [-0.3, -0.25) is 9.59 Å². The van der Waals surface area contributed by atoms with Gasteiger partial charge in [0.15, 0.2) is 9.84 Å². The molecule has 0 radical (unpaired) electrons. The van der Waals surface area contributed by atoms with Gasteiger partial charge in [-0.05, 0) is 120 Å². The maximum atomic E-state index is 14.0. The zero-order valence-electron chi connectivity index (χ0n) is 40.5. The number of carbonyl (C=O) groups is 2. The summed E-state index contributed by atoms with van der Waals surface area (Å²) >= 11 is 0. The van der Waals surface area contributed by atoms with E-state index in [1.54, 1.807) is 53.4 Å². The Labute approximate surface area is 410 Å². The molecule has 2 amide bonds. The summed E-state index contributed by atoms with van der Waals surface area (Å²) in [5.41, 5.74) is 4.84. The Balaban J connectivity index is 0.870. The third kappa shape index (κ3) is 12.3. The van der Waals surface area contributed by atoms with E-state index < -0.39 is 45.1 Å². The number of hydrogen-bond donors (Lipinski definition) is 4. The zero-order valence-corrected chi connectivity index (χ0v) is 41.3. The molecular weight excluding hydrogens is 915 g/mol. The second-order valence-corrected chi connectivity index (χ2v) is 20.7. The molecule has 374 valence electrons. The molecule has 15 heteroatoms. The maximum absolute atomic E-state index is 14.0. The van der Waals surface area contributed by atoms with Gasteiger partial charge in [0.05, 0.1) is 54.6 Å². The van der Waals surface area contributed by atoms with Crippen LogP contribution in [0.2, 0.25) is 0 Å². The van der Waals surface area contributed by atoms with Crippen LogP contribution in [0.25, 0.3) is 0 Å². The monoisotopic (exact) mass is 980 g/mol. The minimum absolute atomic E-state index is 0.106. The lowest BCUT2D eigenvalue weighted by Gasteiger charge is -2.48. The fourth-order valence-corrected chi connectivity index (χ4v) is 12.1. The highest BCUT2D eigenvalue weighted by Gasteiger charge is 2.50. The van der Waals surface area contributed by atoms with Crippen molar-refractivity contribution < 1.29 is 46.5 Å². The fourth-order valence-electron chi connectivity index (χ4n) is 9.90. The molecule has 5 aromatic carbocycles. The summed E-state index contributed by atoms with van der Waals surface area (Å²) in [6.07, 6.45) is 1.61. The quantitative estimate of drug-likeness (QED) is 0.0368. The Morgan fingerprint density at radius 2 is 1.59 bits per heavy atom. The van der Waals surface area contributed by atoms with E-state index in [0.29, 0.717) is 73.4 Å². The highest BCUT2D eigenvalue weighted by atomic mass is 32.2. The van der Waals surface area contributed by atoms with Crippen molar-refractivity contribution in [2.45, 2.75) is 88.0 Å². The molecule has 70 heavy (non-hydrogen) atoms. The zero-order chi connectivity index (χ0) is 50.0. The number of nitrogens with one attached hydrogen (secondary N) is 2. The van der Waals surface area contributed by atoms with Crippen LogP contribution in [0.3, 0.4) is 0 Å². The molecular formula is C55H66F2N4O8S. The Bertz CT molecular complexity index is 2650. The van der Waals surface area contributed by atoms with Crippen LogP contribution in [-0.2, 0) is 35.4 Å². The van der Waals surface area contributed by atoms with Crippen molar-refractivity contribution in [2.75, 3.05) is 67.9 Å². The van der Waals surface area contributed by atoms with E-state index in [9.17, 15) is 37.0 Å². The van der Waals surface area contributed by atoms with Crippen molar-refractivity contribution in [3.05, 3.63) is 155 Å². The normalized spacial score (nSPS) is 21.1. The molecule has 2 aliphatic rings. The lowest BCUT2D eigenvalue weighted by atomic mass is 9.69. The predicted octanol–water partition coefficient (Wildman–Crippen LogP) is 8.88. The first kappa shape index (κ1) is 52.3. The van der Waals surface area contributed by atoms with E-state index >= 15 is 0 Å². The van der Waals surface area contributed by atoms with Crippen LogP contribution in [0.4, 0.5) is 25.8 Å². The minimum atomic E-state index is -3.74. The number of anilines is 3. The van der Waals surface area contributed by atoms with Gasteiger partial charge in [-0.2, -0.15) is 0 Å². The van der Waals surface area contributed by atoms with Gasteiger partial charge in [0.25, 0.3) is 0 Å². The summed E-state index contributed by atoms with van der Waals surface area (Å²) in [5, 5.41) is 29.4. The molecule has 6 unspecified atom stereocenters. The van der Waals surface area contributed by atoms with Crippen molar-refractivity contribution in [1.82, 2.24) is 5.32 Å². The summed E-state index contributed by atoms with van der Waals surface area (Å²) in [6.45, 7) is 5.83. The maximum Gasteiger partial charge on any atom is 0.250 e. The van der Waals surface area contributed by atoms with Gasteiger partial charge in [0.2, 0.25) is 11.8 Å². The number of amides is 2. The summed E-state index contributed by atoms with van der Waals surface area (Å²) < 4.78 is 66.7. The second-order valence-electron chi connectivity index (χ2n) is 18.8. The van der Waals surface area contributed by atoms with Gasteiger partial charge in [-0.1, -0.05) is 75.2 Å². The van der Waals surface area contributed by atoms with Gasteiger partial charge in [-0.15, -0.1) is 0 Å². The number of hydrogen-bond acceptors (Lipinski definition) is 10. The van der Waals surface area contributed by atoms with Gasteiger partial charge >= 0.3 is 0 Å². The van der Waals surface area contributed by atoms with Crippen molar-refractivity contribution >= 4 is 38.7 Å². The topological polar surface area (TPSA) is 158 Å². The minimum Gasteiger partial charge on any atom is -0.392 e. The summed E-state index contributed by atoms with van der Waals surface area (Å²) in [6, 6.07) is 31.7. The number of halogens is 2. The van der Waals surface area contributed by atoms with Crippen LogP contribution in [-0.4, -0.2) is 89.4 Å². The molecule has 0 aromatic heterocycles. The third-order valence-electron chi connectivity index (χ3n) is 13.9. The average Bonchev–Trinajstić information content (AvgIpc) is 3.42. The number of aliphatic hydroxyl groups excluding tert-OH is 2. The summed E-state index contributed by atoms with van der Waals surface area (Å²) in [4.78, 5) is 30.3. The average molecular weight is 981 g/mol. The number of fused-ring (bicyclic) bond motifs is 1. The number of aliphatic hydroxyl groups is 2. The largest absolute Gasteiger partial charge is 0.392 e. The van der Waals surface area contributed by atoms with Crippen molar-refractivity contribution in [2.24, 2.45) is 11.3 Å². The summed E-state index contributed by atoms with van der Waals surface area (Å²) in [7, 11) is 0.0456. The number of nitrogens with zero attached hydrogens (tertiary/aromatic N) is 2. The van der Waals surface area contributed by atoms with Crippen LogP contribution in [0.5, 0.6) is 0 Å². The SMILES string of the molecule is CCCCC1(CC)CS(=O)(=O)c2ccc(N(C)C)cc2C(c2cccc(NC(=O)COCCOCCNCc3ccc(C4C(CCC(O)c5ccc(F)cc5)C(=O)N4c4ccc(F)cc4)cc3)c2)C1O. The highest BCUT2D eigenvalue weighted by molar-refractivity contribution is 7.91. The molecule has 1 fully saturated rings. The van der Waals surface area contributed by atoms with E-state index in [2.05, 4.69) is 17.6 Å². The first-order valence-corrected chi connectivity index (χ1v) is 25.9. The molecule has 1 saturated heterocycles. The van der Waals surface area contributed by atoms with Crippen LogP contribution in [0.1, 0.15) is 98.3 Å². The lowest BCUT2D eigenvalue weighted by molar-refractivity contribution is -0.131. The smallest absolute Gasteiger partial charge is 0.250 e. The molecule has 5 aromatic rings. The van der Waals surface area contributed by atoms with E-state index in [1.165, 1.54) is 24.3 Å². The Morgan fingerprint density at radius 1 is 0.886 bits per heavy atom. The molecule has 0 spiro atoms. The Morgan fingerprint density at radius 3 is 2.27 bits per heavy atom. The predicted molar refractivity (Wildman–Crippen MR) is 268 cm³/mol. The molecule has 2 aliphatic heterocycles. The van der Waals surface area contributed by atoms with Crippen LogP contribution in [0, 0.1) is 23.0 Å². The van der Waals surface area contributed by atoms with Gasteiger partial charge in [-0.25, -0.2) is 17.2 Å². The summed E-state index contributed by atoms with van der Waals surface area (Å²) in [5.74, 6) is -2.45. The van der Waals surface area contributed by atoms with Crippen LogP contribution in [0.15, 0.2) is 120 Å². The Kier molecular flexibility index (Phi) is 17.6. The number of benzene rings is 5. The fraction of sp³-hybridized carbons (Fsp3) is 0.418. The van der Waals surface area contributed by atoms with E-state index in [4.69, 9.17) is 9.47 Å². The van der Waals surface area contributed by atoms with Gasteiger partial charge < -0.3 is 40.1 Å². The molecule has 6 atom stereocenters. The van der Waals surface area contributed by atoms with Crippen LogP contribution >= 0.6 is 0 Å². The van der Waals surface area contributed by atoms with Crippen molar-refractivity contribution in [3.8, 4) is 0 Å². The molecule has 7 rings (SSSR count). The lowest BCUT2D eigenvalue weighted by Crippen LogP contribution is -2.55. The van der Waals surface area contributed by atoms with Gasteiger partial charge in [0, 0.05) is 55.6 Å². The molecule has 4 N–H and O–H groups in total. The van der Waals surface area contributed by atoms with E-state index in [0.717, 1.165) is 29.7 Å². The second kappa shape index (κ2) is 23.6. The molecule has 0 saturated carbocycles. The molecule has 0 aliphatic carbocycles. The number of β-lactam (4-membered cyclic amide) rings is 1. The van der Waals surface area contributed by atoms with E-state index in [-0.39, 0.29) is 54.1 Å². The number of rotatable bonds is 23. The van der Waals surface area contributed by atoms with Crippen molar-refractivity contribution in [3.63, 3.8) is 0 Å². The number of sulfone groups is 1. The highest BCUT2D eigenvalue weighted by Crippen LogP contribution is 2.50. The third-order valence-corrected chi connectivity index (χ3v) is 15.9. The standard InChI is InChI=1S/C55H66F2N4O8S/c1-5-7-27-55(6-2)36-70(66,67)49-26-23-45(60(3)4)33-47(49)51(53(55)64)40-9-8-10-43(32-40)59-50(63)35-69-31-30-68-29-28-58-34-37-11-13-39(14-12-37)52-46(24-25-48(62)38-15-17-41(56)18-16-38)54(65)61(52)44-21-19-42(57)20-22-44/h8-23,26,32-33,46,48,51-53,58,62,64H,5-7,24-25,27-31,34-36H2,1-4H3,(H,59,63). The van der Waals surface area contributed by atoms with Crippen molar-refractivity contribution in [1.29, 1.82) is 0 Å². The number of ether oxygens (including phenoxy) is 2.